The summed E-state index contributed by atoms with van der Waals surface area (Å²) in [6, 6.07) is 0.593. The molecule has 0 spiro atoms. The maximum atomic E-state index is 10.9. The van der Waals surface area contributed by atoms with Gasteiger partial charge in [-0.1, -0.05) is 13.3 Å². The molecule has 2 N–H and O–H groups in total. The van der Waals surface area contributed by atoms with Gasteiger partial charge in [-0.25, -0.2) is 0 Å². The summed E-state index contributed by atoms with van der Waals surface area (Å²) in [7, 11) is 3.22. The molecule has 1 rings (SSSR count). The monoisotopic (exact) mass is 255 g/mol. The lowest BCUT2D eigenvalue weighted by atomic mass is 10.2. The molecule has 0 heterocycles. The molecule has 0 aromatic heterocycles. The van der Waals surface area contributed by atoms with E-state index < -0.39 is 0 Å². The largest absolute Gasteiger partial charge is 0.469 e. The second kappa shape index (κ2) is 7.95. The first kappa shape index (κ1) is 14.8. The first-order valence-corrected chi connectivity index (χ1v) is 6.71. The molecule has 0 saturated heterocycles. The van der Waals surface area contributed by atoms with E-state index in [1.807, 2.05) is 0 Å². The van der Waals surface area contributed by atoms with Crippen LogP contribution in [0.1, 0.15) is 39.0 Å². The normalized spacial score (nSPS) is 22.5. The first-order chi connectivity index (χ1) is 8.67. The summed E-state index contributed by atoms with van der Waals surface area (Å²) in [5, 5.41) is 6.66. The predicted molar refractivity (Wildman–Crippen MR) is 72.6 cm³/mol. The molecule has 2 unspecified atom stereocenters. The quantitative estimate of drug-likeness (QED) is 0.311. The number of carbonyl (C=O) groups excluding carboxylic acids is 1. The lowest BCUT2D eigenvalue weighted by Gasteiger charge is -2.11. The van der Waals surface area contributed by atoms with E-state index in [4.69, 9.17) is 0 Å². The summed E-state index contributed by atoms with van der Waals surface area (Å²) in [4.78, 5) is 15.1. The number of carbonyl (C=O) groups is 1. The van der Waals surface area contributed by atoms with Crippen LogP contribution in [0.2, 0.25) is 0 Å². The van der Waals surface area contributed by atoms with Crippen LogP contribution in [0.3, 0.4) is 0 Å². The second-order valence-corrected chi connectivity index (χ2v) is 4.85. The van der Waals surface area contributed by atoms with E-state index in [9.17, 15) is 4.79 Å². The number of hydrogen-bond acceptors (Lipinski definition) is 3. The van der Waals surface area contributed by atoms with Crippen molar-refractivity contribution in [3.63, 3.8) is 0 Å². The molecule has 0 radical (unpaired) electrons. The summed E-state index contributed by atoms with van der Waals surface area (Å²) in [5.41, 5.74) is 0. The van der Waals surface area contributed by atoms with Crippen LogP contribution >= 0.6 is 0 Å². The van der Waals surface area contributed by atoms with Gasteiger partial charge in [0.2, 0.25) is 0 Å². The van der Waals surface area contributed by atoms with Gasteiger partial charge in [0.1, 0.15) is 0 Å². The lowest BCUT2D eigenvalue weighted by Crippen LogP contribution is -2.39. The zero-order chi connectivity index (χ0) is 13.4. The number of hydrogen-bond donors (Lipinski definition) is 2. The average molecular weight is 255 g/mol. The molecule has 1 aliphatic carbocycles. The van der Waals surface area contributed by atoms with Crippen LogP contribution in [-0.4, -0.2) is 38.7 Å². The topological polar surface area (TPSA) is 62.7 Å². The summed E-state index contributed by atoms with van der Waals surface area (Å²) in [5.74, 6) is 1.53. The smallest absolute Gasteiger partial charge is 0.305 e. The zero-order valence-electron chi connectivity index (χ0n) is 11.7. The van der Waals surface area contributed by atoms with Gasteiger partial charge in [0.25, 0.3) is 0 Å². The van der Waals surface area contributed by atoms with Gasteiger partial charge >= 0.3 is 5.97 Å². The minimum Gasteiger partial charge on any atom is -0.469 e. The molecule has 0 bridgehead atoms. The third-order valence-corrected chi connectivity index (χ3v) is 3.23. The number of esters is 1. The van der Waals surface area contributed by atoms with E-state index in [1.54, 1.807) is 7.05 Å². The molecule has 0 aromatic carbocycles. The molecule has 1 saturated carbocycles. The van der Waals surface area contributed by atoms with Gasteiger partial charge in [-0.3, -0.25) is 9.79 Å². The molecular formula is C13H25N3O2. The summed E-state index contributed by atoms with van der Waals surface area (Å²) >= 11 is 0. The van der Waals surface area contributed by atoms with E-state index in [0.717, 1.165) is 37.7 Å². The summed E-state index contributed by atoms with van der Waals surface area (Å²) in [6.07, 6.45) is 4.71. The average Bonchev–Trinajstić information content (AvgIpc) is 3.07. The van der Waals surface area contributed by atoms with E-state index in [2.05, 4.69) is 27.3 Å². The van der Waals surface area contributed by atoms with E-state index in [0.29, 0.717) is 12.5 Å². The Hall–Kier alpha value is -1.26. The number of ether oxygens (including phenoxy) is 1. The minimum atomic E-state index is -0.122. The molecular weight excluding hydrogens is 230 g/mol. The van der Waals surface area contributed by atoms with Crippen LogP contribution in [0, 0.1) is 5.92 Å². The predicted octanol–water partition coefficient (Wildman–Crippen LogP) is 1.29. The molecule has 1 fully saturated rings. The molecule has 1 aliphatic rings. The van der Waals surface area contributed by atoms with Gasteiger partial charge in [0.15, 0.2) is 5.96 Å². The fourth-order valence-corrected chi connectivity index (χ4v) is 1.77. The molecule has 18 heavy (non-hydrogen) atoms. The van der Waals surface area contributed by atoms with Crippen LogP contribution in [-0.2, 0) is 9.53 Å². The highest BCUT2D eigenvalue weighted by atomic mass is 16.5. The third-order valence-electron chi connectivity index (χ3n) is 3.23. The summed E-state index contributed by atoms with van der Waals surface area (Å²) < 4.78 is 4.59. The standard InChI is InChI=1S/C13H25N3O2/c1-10-9-11(10)16-13(14-2)15-8-6-4-5-7-12(17)18-3/h10-11H,4-9H2,1-3H3,(H2,14,15,16). The highest BCUT2D eigenvalue weighted by Crippen LogP contribution is 2.28. The SMILES string of the molecule is CN=C(NCCCCCC(=O)OC)NC1CC1C. The van der Waals surface area contributed by atoms with Gasteiger partial charge in [0.05, 0.1) is 7.11 Å². The highest BCUT2D eigenvalue weighted by molar-refractivity contribution is 5.80. The Labute approximate surface area is 109 Å². The maximum Gasteiger partial charge on any atom is 0.305 e. The van der Waals surface area contributed by atoms with Crippen molar-refractivity contribution in [2.45, 2.75) is 45.1 Å². The van der Waals surface area contributed by atoms with Crippen LogP contribution < -0.4 is 10.6 Å². The van der Waals surface area contributed by atoms with E-state index in [1.165, 1.54) is 13.5 Å². The Morgan fingerprint density at radius 1 is 1.39 bits per heavy atom. The Bertz CT molecular complexity index is 292. The number of nitrogens with one attached hydrogen (secondary N) is 2. The Morgan fingerprint density at radius 3 is 2.67 bits per heavy atom. The number of guanidine groups is 1. The van der Waals surface area contributed by atoms with Crippen LogP contribution in [0.5, 0.6) is 0 Å². The molecule has 5 heteroatoms. The first-order valence-electron chi connectivity index (χ1n) is 6.71. The van der Waals surface area contributed by atoms with Crippen molar-refractivity contribution in [1.29, 1.82) is 0 Å². The van der Waals surface area contributed by atoms with Crippen molar-refractivity contribution in [2.75, 3.05) is 20.7 Å². The fourth-order valence-electron chi connectivity index (χ4n) is 1.77. The molecule has 104 valence electrons. The molecule has 0 amide bonds. The van der Waals surface area contributed by atoms with Gasteiger partial charge in [0, 0.05) is 26.1 Å². The van der Waals surface area contributed by atoms with Crippen LogP contribution in [0.15, 0.2) is 4.99 Å². The van der Waals surface area contributed by atoms with Gasteiger partial charge in [-0.2, -0.15) is 0 Å². The van der Waals surface area contributed by atoms with Gasteiger partial charge in [-0.15, -0.1) is 0 Å². The zero-order valence-corrected chi connectivity index (χ0v) is 11.7. The van der Waals surface area contributed by atoms with Gasteiger partial charge in [-0.05, 0) is 25.2 Å². The van der Waals surface area contributed by atoms with Crippen molar-refractivity contribution in [3.8, 4) is 0 Å². The molecule has 0 aromatic rings. The van der Waals surface area contributed by atoms with Crippen LogP contribution in [0.4, 0.5) is 0 Å². The fraction of sp³-hybridized carbons (Fsp3) is 0.846. The van der Waals surface area contributed by atoms with Crippen molar-refractivity contribution in [3.05, 3.63) is 0 Å². The van der Waals surface area contributed by atoms with Crippen molar-refractivity contribution in [2.24, 2.45) is 10.9 Å². The number of unbranched alkanes of at least 4 members (excludes halogenated alkanes) is 2. The van der Waals surface area contributed by atoms with Crippen LogP contribution in [0.25, 0.3) is 0 Å². The number of nitrogens with zero attached hydrogens (tertiary/aromatic N) is 1. The van der Waals surface area contributed by atoms with Gasteiger partial charge < -0.3 is 15.4 Å². The second-order valence-electron chi connectivity index (χ2n) is 4.85. The van der Waals surface area contributed by atoms with E-state index in [-0.39, 0.29) is 5.97 Å². The lowest BCUT2D eigenvalue weighted by molar-refractivity contribution is -0.140. The number of methoxy groups -OCH3 is 1. The third kappa shape index (κ3) is 5.89. The summed E-state index contributed by atoms with van der Waals surface area (Å²) in [6.45, 7) is 3.12. The van der Waals surface area contributed by atoms with E-state index >= 15 is 0 Å². The molecule has 0 aliphatic heterocycles. The van der Waals surface area contributed by atoms with Crippen molar-refractivity contribution >= 4 is 11.9 Å². The van der Waals surface area contributed by atoms with Crippen molar-refractivity contribution in [1.82, 2.24) is 10.6 Å². The number of aliphatic imine (C=N–C) groups is 1. The number of rotatable bonds is 7. The Kier molecular flexibility index (Phi) is 6.54. The minimum absolute atomic E-state index is 0.122. The molecule has 5 nitrogen and oxygen atoms in total. The maximum absolute atomic E-state index is 10.9. The Balaban J connectivity index is 1.97. The molecule has 2 atom stereocenters. The Morgan fingerprint density at radius 2 is 2.11 bits per heavy atom. The highest BCUT2D eigenvalue weighted by Gasteiger charge is 2.32. The van der Waals surface area contributed by atoms with Crippen molar-refractivity contribution < 1.29 is 9.53 Å².